The molecular weight excluding hydrogens is 152 g/mol. The maximum Gasteiger partial charge on any atom is 0.220 e. The van der Waals surface area contributed by atoms with Crippen molar-refractivity contribution in [1.82, 2.24) is 5.32 Å². The molecule has 0 aliphatic carbocycles. The second-order valence-electron chi connectivity index (χ2n) is 1.96. The van der Waals surface area contributed by atoms with Gasteiger partial charge in [-0.05, 0) is 6.08 Å². The van der Waals surface area contributed by atoms with E-state index in [0.717, 1.165) is 6.26 Å². The highest BCUT2D eigenvalue weighted by Crippen LogP contribution is 1.91. The fraction of sp³-hybridized carbons (Fsp3) is 0.400. The van der Waals surface area contributed by atoms with Gasteiger partial charge in [0.05, 0.1) is 6.54 Å². The zero-order chi connectivity index (χ0) is 7.61. The maximum absolute atomic E-state index is 10.8. The number of hydrogen-bond donors (Lipinski definition) is 1. The predicted octanol–water partition coefficient (Wildman–Crippen LogP) is -0.496. The fourth-order valence-corrected chi connectivity index (χ4v) is 1.18. The van der Waals surface area contributed by atoms with Crippen LogP contribution in [0.25, 0.3) is 0 Å². The van der Waals surface area contributed by atoms with Crippen LogP contribution in [-0.4, -0.2) is 26.4 Å². The summed E-state index contributed by atoms with van der Waals surface area (Å²) in [6.45, 7) is 0.440. The molecule has 56 valence electrons. The second-order valence-corrected chi connectivity index (χ2v) is 3.90. The van der Waals surface area contributed by atoms with E-state index in [9.17, 15) is 8.42 Å². The van der Waals surface area contributed by atoms with Gasteiger partial charge >= 0.3 is 0 Å². The second kappa shape index (κ2) is 2.42. The minimum atomic E-state index is -3.14. The van der Waals surface area contributed by atoms with Crippen LogP contribution in [0.15, 0.2) is 17.3 Å². The van der Waals surface area contributed by atoms with E-state index in [1.165, 1.54) is 0 Å². The van der Waals surface area contributed by atoms with Gasteiger partial charge in [0, 0.05) is 12.5 Å². The number of hydrogen-bond acceptors (Lipinski definition) is 4. The van der Waals surface area contributed by atoms with Gasteiger partial charge in [-0.3, -0.25) is 4.99 Å². The third-order valence-corrected chi connectivity index (χ3v) is 1.97. The molecule has 1 heterocycles. The van der Waals surface area contributed by atoms with Crippen molar-refractivity contribution in [2.45, 2.75) is 0 Å². The first-order valence-electron chi connectivity index (χ1n) is 2.77. The van der Waals surface area contributed by atoms with Crippen LogP contribution in [0.4, 0.5) is 0 Å². The van der Waals surface area contributed by atoms with Gasteiger partial charge in [-0.15, -0.1) is 0 Å². The van der Waals surface area contributed by atoms with Crippen molar-refractivity contribution < 1.29 is 8.42 Å². The van der Waals surface area contributed by atoms with Gasteiger partial charge in [-0.25, -0.2) is 8.42 Å². The number of rotatable bonds is 0. The van der Waals surface area contributed by atoms with Crippen LogP contribution in [-0.2, 0) is 9.84 Å². The van der Waals surface area contributed by atoms with E-state index in [2.05, 4.69) is 10.3 Å². The first kappa shape index (κ1) is 7.27. The molecule has 0 radical (unpaired) electrons. The Balaban J connectivity index is 2.86. The summed E-state index contributed by atoms with van der Waals surface area (Å²) in [5.41, 5.74) is 0. The first-order chi connectivity index (χ1) is 4.61. The number of sulfone groups is 1. The molecule has 0 saturated heterocycles. The van der Waals surface area contributed by atoms with Crippen molar-refractivity contribution in [2.75, 3.05) is 12.8 Å². The molecule has 0 saturated carbocycles. The zero-order valence-electron chi connectivity index (χ0n) is 5.53. The zero-order valence-corrected chi connectivity index (χ0v) is 6.35. The number of amidine groups is 1. The van der Waals surface area contributed by atoms with Crippen molar-refractivity contribution in [3.63, 3.8) is 0 Å². The number of nitrogens with one attached hydrogen (secondary N) is 1. The van der Waals surface area contributed by atoms with Crippen LogP contribution in [0, 0.1) is 0 Å². The third kappa shape index (κ3) is 1.57. The minimum Gasteiger partial charge on any atom is -0.338 e. The molecule has 0 fully saturated rings. The normalized spacial score (nSPS) is 17.9. The molecule has 5 heteroatoms. The van der Waals surface area contributed by atoms with Crippen LogP contribution in [0.3, 0.4) is 0 Å². The van der Waals surface area contributed by atoms with Crippen molar-refractivity contribution in [3.05, 3.63) is 12.3 Å². The van der Waals surface area contributed by atoms with E-state index in [4.69, 9.17) is 0 Å². The van der Waals surface area contributed by atoms with Crippen LogP contribution >= 0.6 is 0 Å². The Morgan fingerprint density at radius 1 is 1.70 bits per heavy atom. The van der Waals surface area contributed by atoms with E-state index in [0.29, 0.717) is 6.54 Å². The molecular formula is C5H8N2O2S. The summed E-state index contributed by atoms with van der Waals surface area (Å²) in [5.74, 6) is 0. The topological polar surface area (TPSA) is 58.5 Å². The Bertz CT molecular complexity index is 276. The third-order valence-electron chi connectivity index (χ3n) is 1.02. The molecule has 1 rings (SSSR count). The van der Waals surface area contributed by atoms with Gasteiger partial charge in [0.2, 0.25) is 15.0 Å². The highest BCUT2D eigenvalue weighted by atomic mass is 32.2. The average Bonchev–Trinajstić information content (AvgIpc) is 1.88. The molecule has 0 aromatic carbocycles. The van der Waals surface area contributed by atoms with E-state index >= 15 is 0 Å². The van der Waals surface area contributed by atoms with Gasteiger partial charge in [0.1, 0.15) is 0 Å². The standard InChI is InChI=1S/C5H8N2O2S/c1-10(8,9)5-6-3-2-4-7-5/h2-3H,4H2,1H3,(H,6,7). The van der Waals surface area contributed by atoms with E-state index < -0.39 is 9.84 Å². The first-order valence-corrected chi connectivity index (χ1v) is 4.66. The van der Waals surface area contributed by atoms with Crippen molar-refractivity contribution >= 4 is 15.0 Å². The molecule has 1 N–H and O–H groups in total. The average molecular weight is 160 g/mol. The van der Waals surface area contributed by atoms with Gasteiger partial charge in [-0.1, -0.05) is 0 Å². The Labute approximate surface area is 59.6 Å². The Kier molecular flexibility index (Phi) is 1.76. The molecule has 10 heavy (non-hydrogen) atoms. The van der Waals surface area contributed by atoms with E-state index in [-0.39, 0.29) is 5.17 Å². The maximum atomic E-state index is 10.8. The van der Waals surface area contributed by atoms with E-state index in [1.807, 2.05) is 0 Å². The molecule has 0 unspecified atom stereocenters. The van der Waals surface area contributed by atoms with Gasteiger partial charge in [0.25, 0.3) is 0 Å². The van der Waals surface area contributed by atoms with Crippen LogP contribution in [0.1, 0.15) is 0 Å². The van der Waals surface area contributed by atoms with Crippen LogP contribution in [0.5, 0.6) is 0 Å². The van der Waals surface area contributed by atoms with Crippen molar-refractivity contribution in [3.8, 4) is 0 Å². The summed E-state index contributed by atoms with van der Waals surface area (Å²) < 4.78 is 21.5. The Morgan fingerprint density at radius 3 is 2.70 bits per heavy atom. The van der Waals surface area contributed by atoms with Gasteiger partial charge in [0.15, 0.2) is 0 Å². The Morgan fingerprint density at radius 2 is 2.40 bits per heavy atom. The molecule has 0 amide bonds. The summed E-state index contributed by atoms with van der Waals surface area (Å²) in [4.78, 5) is 3.73. The Hall–Kier alpha value is -0.840. The molecule has 1 aliphatic rings. The summed E-state index contributed by atoms with van der Waals surface area (Å²) in [6, 6.07) is 0. The molecule has 0 bridgehead atoms. The fourth-order valence-electron chi connectivity index (χ4n) is 0.588. The van der Waals surface area contributed by atoms with E-state index in [1.54, 1.807) is 12.3 Å². The summed E-state index contributed by atoms with van der Waals surface area (Å²) in [7, 11) is -3.14. The SMILES string of the molecule is CS(=O)(=O)C1=NCC=CN1. The highest BCUT2D eigenvalue weighted by molar-refractivity contribution is 8.05. The minimum absolute atomic E-state index is 0.0509. The number of aliphatic imine (C=N–C) groups is 1. The quantitative estimate of drug-likeness (QED) is 0.520. The molecule has 4 nitrogen and oxygen atoms in total. The molecule has 0 spiro atoms. The summed E-state index contributed by atoms with van der Waals surface area (Å²) in [6.07, 6.45) is 4.44. The van der Waals surface area contributed by atoms with Crippen LogP contribution < -0.4 is 5.32 Å². The lowest BCUT2D eigenvalue weighted by Crippen LogP contribution is -2.28. The van der Waals surface area contributed by atoms with Crippen molar-refractivity contribution in [2.24, 2.45) is 4.99 Å². The molecule has 0 atom stereocenters. The lowest BCUT2D eigenvalue weighted by Gasteiger charge is -2.05. The monoisotopic (exact) mass is 160 g/mol. The largest absolute Gasteiger partial charge is 0.338 e. The molecule has 0 aromatic heterocycles. The summed E-state index contributed by atoms with van der Waals surface area (Å²) in [5, 5.41) is 2.59. The summed E-state index contributed by atoms with van der Waals surface area (Å²) >= 11 is 0. The predicted molar refractivity (Wildman–Crippen MR) is 39.4 cm³/mol. The lowest BCUT2D eigenvalue weighted by molar-refractivity contribution is 0.611. The highest BCUT2D eigenvalue weighted by Gasteiger charge is 2.11. The van der Waals surface area contributed by atoms with Crippen molar-refractivity contribution in [1.29, 1.82) is 0 Å². The van der Waals surface area contributed by atoms with Gasteiger partial charge in [-0.2, -0.15) is 0 Å². The van der Waals surface area contributed by atoms with Gasteiger partial charge < -0.3 is 5.32 Å². The van der Waals surface area contributed by atoms with Crippen LogP contribution in [0.2, 0.25) is 0 Å². The smallest absolute Gasteiger partial charge is 0.220 e. The molecule has 1 aliphatic heterocycles. The lowest BCUT2D eigenvalue weighted by atomic mass is 10.6. The number of nitrogens with zero attached hydrogens (tertiary/aromatic N) is 1. The molecule has 0 aromatic rings.